The number of halogens is 1. The number of unbranched alkanes of at least 4 members (excludes halogenated alkanes) is 4. The molecule has 4 fully saturated rings. The van der Waals surface area contributed by atoms with E-state index in [1.54, 1.807) is 6.07 Å². The molecule has 3 atom stereocenters. The van der Waals surface area contributed by atoms with Crippen molar-refractivity contribution >= 4 is 64.0 Å². The van der Waals surface area contributed by atoms with Crippen molar-refractivity contribution in [1.82, 2.24) is 26.6 Å². The average Bonchev–Trinajstić information content (AvgIpc) is 3.96. The highest BCUT2D eigenvalue weighted by atomic mass is 35.5. The number of carboxylic acids is 1. The molecule has 0 bridgehead atoms. The molecule has 6 aliphatic rings. The van der Waals surface area contributed by atoms with Crippen LogP contribution in [0.4, 0.5) is 5.69 Å². The van der Waals surface area contributed by atoms with E-state index in [0.29, 0.717) is 120 Å². The Morgan fingerprint density at radius 3 is 2.29 bits per heavy atom. The lowest BCUT2D eigenvalue weighted by molar-refractivity contribution is -0.596. The molecule has 5 N–H and O–H groups in total. The maximum atomic E-state index is 13.6. The maximum Gasteiger partial charge on any atom is 0.251 e. The van der Waals surface area contributed by atoms with Gasteiger partial charge in [-0.15, -0.1) is 11.6 Å². The summed E-state index contributed by atoms with van der Waals surface area (Å²) < 4.78 is 24.9. The predicted molar refractivity (Wildman–Crippen MR) is 297 cm³/mol. The number of fused-ring (bicyclic) bond motifs is 3. The van der Waals surface area contributed by atoms with Gasteiger partial charge in [0, 0.05) is 97.0 Å². The predicted octanol–water partition coefficient (Wildman–Crippen LogP) is 4.84. The van der Waals surface area contributed by atoms with Crippen molar-refractivity contribution in [3.63, 3.8) is 0 Å². The van der Waals surface area contributed by atoms with Crippen LogP contribution in [0, 0.1) is 5.92 Å². The molecule has 0 saturated carbocycles. The number of amides is 3. The average molecular weight is 1080 g/mol. The van der Waals surface area contributed by atoms with E-state index in [1.807, 2.05) is 23.9 Å². The standard InChI is InChI=1S/C58H78ClN7O9S/c1-39-63-50-38-76-51(54(50)64-39)11-6-8-20-60-52(67)18-26-73-30-32-75-28-22-62-56(69)41-36-66(37-41)43-14-17-46-49(35-43)58(2,3)48-34-42(65-23-10-24-65)13-16-45(48)53(46)47-33-40(12-15-44(47)57(70)71)55(68)61-21-27-74-31-29-72-25-9-5-4-7-19-59/h12-17,33-35,41,50-51,54,63-64H,1,4-11,18-32,36-38H2,2-3H3,(H3-,60,61,62,67,68,69,70,71)/t50-,51-,54-/m0/s1. The summed E-state index contributed by atoms with van der Waals surface area (Å²) in [5, 5.41) is 29.3. The molecule has 2 aromatic rings. The third-order valence-corrected chi connectivity index (χ3v) is 17.0. The van der Waals surface area contributed by atoms with E-state index in [9.17, 15) is 24.3 Å². The molecule has 4 aliphatic heterocycles. The molecular weight excluding hydrogens is 1010 g/mol. The Hall–Kier alpha value is -5.17. The van der Waals surface area contributed by atoms with E-state index < -0.39 is 11.4 Å². The number of benzene rings is 2. The van der Waals surface area contributed by atoms with Crippen molar-refractivity contribution in [2.75, 3.05) is 115 Å². The number of hydrogen-bond acceptors (Lipinski definition) is 13. The van der Waals surface area contributed by atoms with Gasteiger partial charge in [0.1, 0.15) is 0 Å². The Labute approximate surface area is 457 Å². The van der Waals surface area contributed by atoms with Gasteiger partial charge in [-0.2, -0.15) is 11.8 Å². The van der Waals surface area contributed by atoms with Crippen molar-refractivity contribution in [3.8, 4) is 0 Å². The largest absolute Gasteiger partial charge is 0.545 e. The minimum absolute atomic E-state index is 0.00526. The summed E-state index contributed by atoms with van der Waals surface area (Å²) >= 11 is 7.76. The highest BCUT2D eigenvalue weighted by Gasteiger charge is 2.43. The van der Waals surface area contributed by atoms with Gasteiger partial charge in [-0.3, -0.25) is 14.4 Å². The first-order valence-corrected chi connectivity index (χ1v) is 29.1. The number of nitrogens with one attached hydrogen (secondary N) is 5. The molecule has 76 heavy (non-hydrogen) atoms. The summed E-state index contributed by atoms with van der Waals surface area (Å²) in [6.07, 6.45) is 15.0. The van der Waals surface area contributed by atoms with Gasteiger partial charge in [0.25, 0.3) is 5.91 Å². The molecular formula is C58H78ClN7O9S. The van der Waals surface area contributed by atoms with E-state index in [4.69, 9.17) is 30.5 Å². The van der Waals surface area contributed by atoms with Gasteiger partial charge in [0.05, 0.1) is 70.1 Å². The number of ether oxygens (including phenoxy) is 4. The normalized spacial score (nSPS) is 20.9. The third-order valence-electron chi connectivity index (χ3n) is 15.2. The quantitative estimate of drug-likeness (QED) is 0.0392. The Morgan fingerprint density at radius 2 is 1.55 bits per heavy atom. The Bertz CT molecular complexity index is 2530. The van der Waals surface area contributed by atoms with Gasteiger partial charge < -0.3 is 60.3 Å². The molecule has 4 saturated heterocycles. The molecule has 18 heteroatoms. The molecule has 3 amide bonds. The number of allylic oxidation sites excluding steroid dienone is 5. The molecule has 2 aromatic carbocycles. The SMILES string of the molecule is C=C1N[C@H]2[C@H](CS[C@H]2CCCCNC(=O)CCOCCOCCNC(=O)C2C[N+](=C3C=CC4=C(c5cc(C(=O)NCCOCCOCCCCCCCl)ccc5C(=O)[O-])c5ccc(N6CCC6)cc5C(C)(C)C4=C3)C2)N1. The number of carboxylic acid groups (broad SMARTS) is 1. The number of carbonyl (C=O) groups excluding carboxylic acids is 4. The topological polar surface area (TPSA) is 195 Å². The zero-order chi connectivity index (χ0) is 53.4. The van der Waals surface area contributed by atoms with E-state index in [2.05, 4.69) is 80.8 Å². The summed E-state index contributed by atoms with van der Waals surface area (Å²) in [5.41, 5.74) is 6.89. The molecule has 0 aromatic heterocycles. The zero-order valence-corrected chi connectivity index (χ0v) is 46.0. The van der Waals surface area contributed by atoms with Crippen LogP contribution in [-0.2, 0) is 34.0 Å². The van der Waals surface area contributed by atoms with Crippen LogP contribution in [0.5, 0.6) is 0 Å². The summed E-state index contributed by atoms with van der Waals surface area (Å²) in [5.74, 6) is 0.825. The first-order chi connectivity index (χ1) is 36.9. The van der Waals surface area contributed by atoms with Crippen molar-refractivity contribution in [2.24, 2.45) is 5.92 Å². The van der Waals surface area contributed by atoms with Gasteiger partial charge in [0.2, 0.25) is 11.8 Å². The number of alkyl halides is 1. The molecule has 16 nitrogen and oxygen atoms in total. The number of anilines is 1. The second-order valence-electron chi connectivity index (χ2n) is 20.9. The molecule has 0 spiro atoms. The van der Waals surface area contributed by atoms with Gasteiger partial charge >= 0.3 is 0 Å². The number of rotatable bonds is 31. The summed E-state index contributed by atoms with van der Waals surface area (Å²) in [6.45, 7) is 16.0. The second kappa shape index (κ2) is 27.9. The lowest BCUT2D eigenvalue weighted by Crippen LogP contribution is -2.51. The van der Waals surface area contributed by atoms with Crippen LogP contribution in [0.3, 0.4) is 0 Å². The summed E-state index contributed by atoms with van der Waals surface area (Å²) in [6, 6.07) is 12.0. The Balaban J connectivity index is 0.806. The molecule has 2 aliphatic carbocycles. The van der Waals surface area contributed by atoms with Crippen LogP contribution in [0.2, 0.25) is 0 Å². The smallest absolute Gasteiger partial charge is 0.251 e. The summed E-state index contributed by atoms with van der Waals surface area (Å²) in [4.78, 5) is 54.3. The van der Waals surface area contributed by atoms with Crippen LogP contribution >= 0.6 is 23.4 Å². The van der Waals surface area contributed by atoms with Crippen molar-refractivity contribution in [2.45, 2.75) is 94.4 Å². The lowest BCUT2D eigenvalue weighted by Gasteiger charge is -2.41. The van der Waals surface area contributed by atoms with E-state index >= 15 is 0 Å². The number of hydrogen-bond donors (Lipinski definition) is 5. The number of carbonyl (C=O) groups is 4. The van der Waals surface area contributed by atoms with Crippen LogP contribution in [0.15, 0.2) is 78.2 Å². The summed E-state index contributed by atoms with van der Waals surface area (Å²) in [7, 11) is 0. The highest BCUT2D eigenvalue weighted by molar-refractivity contribution is 8.00. The Morgan fingerprint density at radius 1 is 0.816 bits per heavy atom. The molecule has 0 radical (unpaired) electrons. The van der Waals surface area contributed by atoms with E-state index in [1.165, 1.54) is 12.1 Å². The monoisotopic (exact) mass is 1080 g/mol. The first kappa shape index (κ1) is 57.0. The van der Waals surface area contributed by atoms with Crippen molar-refractivity contribution in [3.05, 3.63) is 106 Å². The maximum absolute atomic E-state index is 13.6. The lowest BCUT2D eigenvalue weighted by atomic mass is 9.64. The van der Waals surface area contributed by atoms with Crippen LogP contribution < -0.4 is 36.6 Å². The molecule has 4 heterocycles. The third kappa shape index (κ3) is 14.7. The number of thioether (sulfide) groups is 1. The fraction of sp³-hybridized carbons (Fsp3) is 0.569. The van der Waals surface area contributed by atoms with Crippen LogP contribution in [-0.4, -0.2) is 162 Å². The number of aromatic carboxylic acids is 1. The van der Waals surface area contributed by atoms with Gasteiger partial charge in [-0.1, -0.05) is 51.8 Å². The minimum atomic E-state index is -1.33. The fourth-order valence-electron chi connectivity index (χ4n) is 10.7. The van der Waals surface area contributed by atoms with E-state index in [-0.39, 0.29) is 35.7 Å². The van der Waals surface area contributed by atoms with Gasteiger partial charge in [-0.25, -0.2) is 4.58 Å². The van der Waals surface area contributed by atoms with Gasteiger partial charge in [-0.05, 0) is 95.9 Å². The van der Waals surface area contributed by atoms with Crippen molar-refractivity contribution in [1.29, 1.82) is 0 Å². The fourth-order valence-corrected chi connectivity index (χ4v) is 12.5. The number of nitrogens with zero attached hydrogens (tertiary/aromatic N) is 2. The highest BCUT2D eigenvalue weighted by Crippen LogP contribution is 2.51. The molecule has 8 rings (SSSR count). The molecule has 0 unspecified atom stereocenters. The first-order valence-electron chi connectivity index (χ1n) is 27.5. The Kier molecular flexibility index (Phi) is 21.0. The van der Waals surface area contributed by atoms with Crippen LogP contribution in [0.25, 0.3) is 5.57 Å². The zero-order valence-electron chi connectivity index (χ0n) is 44.5. The van der Waals surface area contributed by atoms with Gasteiger partial charge in [0.15, 0.2) is 24.7 Å². The second-order valence-corrected chi connectivity index (χ2v) is 22.6. The van der Waals surface area contributed by atoms with Crippen molar-refractivity contribution < 1.29 is 47.8 Å². The molecule has 412 valence electrons. The minimum Gasteiger partial charge on any atom is -0.545 e. The van der Waals surface area contributed by atoms with Crippen LogP contribution in [0.1, 0.15) is 109 Å². The van der Waals surface area contributed by atoms with E-state index in [0.717, 1.165) is 115 Å².